The monoisotopic (exact) mass is 651 g/mol. The summed E-state index contributed by atoms with van der Waals surface area (Å²) in [5, 5.41) is 2.45. The van der Waals surface area contributed by atoms with E-state index in [1.165, 1.54) is 77.8 Å². The maximum absolute atomic E-state index is 2.52. The fourth-order valence-electron chi connectivity index (χ4n) is 9.31. The van der Waals surface area contributed by atoms with Crippen LogP contribution < -0.4 is 4.90 Å². The maximum atomic E-state index is 2.52. The minimum Gasteiger partial charge on any atom is -0.309 e. The lowest BCUT2D eigenvalue weighted by atomic mass is 9.74. The number of benzene rings is 8. The third-order valence-corrected chi connectivity index (χ3v) is 11.8. The van der Waals surface area contributed by atoms with Crippen molar-refractivity contribution in [1.82, 2.24) is 0 Å². The lowest BCUT2D eigenvalue weighted by Crippen LogP contribution is -2.22. The molecular weight excluding hydrogens is 615 g/mol. The molecule has 0 heterocycles. The van der Waals surface area contributed by atoms with Crippen LogP contribution in [-0.4, -0.2) is 0 Å². The molecule has 0 saturated carbocycles. The topological polar surface area (TPSA) is 3.24 Å². The van der Waals surface area contributed by atoms with E-state index in [1.54, 1.807) is 0 Å². The van der Waals surface area contributed by atoms with Crippen molar-refractivity contribution in [2.45, 2.75) is 24.7 Å². The van der Waals surface area contributed by atoms with Crippen LogP contribution in [-0.2, 0) is 10.8 Å². The normalized spacial score (nSPS) is 18.2. The molecule has 2 unspecified atom stereocenters. The van der Waals surface area contributed by atoms with Crippen LogP contribution in [0.2, 0.25) is 0 Å². The lowest BCUT2D eigenvalue weighted by Gasteiger charge is -2.32. The van der Waals surface area contributed by atoms with Gasteiger partial charge in [-0.05, 0) is 93.6 Å². The van der Waals surface area contributed by atoms with Crippen LogP contribution in [0, 0.1) is 0 Å². The Hall–Kier alpha value is -6.18. The van der Waals surface area contributed by atoms with Crippen molar-refractivity contribution in [2.75, 3.05) is 4.90 Å². The largest absolute Gasteiger partial charge is 0.309 e. The smallest absolute Gasteiger partial charge is 0.0543 e. The van der Waals surface area contributed by atoms with Crippen LogP contribution in [0.4, 0.5) is 17.1 Å². The highest BCUT2D eigenvalue weighted by atomic mass is 15.1. The van der Waals surface area contributed by atoms with Crippen molar-refractivity contribution in [3.8, 4) is 22.3 Å². The maximum Gasteiger partial charge on any atom is 0.0543 e. The molecule has 0 bridgehead atoms. The summed E-state index contributed by atoms with van der Waals surface area (Å²) < 4.78 is 0. The van der Waals surface area contributed by atoms with E-state index in [-0.39, 0.29) is 10.8 Å². The molecule has 242 valence electrons. The van der Waals surface area contributed by atoms with Crippen LogP contribution in [0.15, 0.2) is 188 Å². The van der Waals surface area contributed by atoms with E-state index in [0.29, 0.717) is 0 Å². The van der Waals surface area contributed by atoms with Gasteiger partial charge in [-0.15, -0.1) is 0 Å². The summed E-state index contributed by atoms with van der Waals surface area (Å²) >= 11 is 0. The molecule has 1 nitrogen and oxygen atoms in total. The molecule has 1 heteroatoms. The molecule has 0 radical (unpaired) electrons. The number of nitrogens with zero attached hydrogens (tertiary/aromatic N) is 1. The highest BCUT2D eigenvalue weighted by Crippen LogP contribution is 2.58. The Labute approximate surface area is 300 Å². The molecule has 0 spiro atoms. The number of fused-ring (bicyclic) bond motifs is 7. The van der Waals surface area contributed by atoms with Crippen molar-refractivity contribution >= 4 is 27.8 Å². The molecule has 8 aromatic rings. The number of hydrogen-bond acceptors (Lipinski definition) is 1. The summed E-state index contributed by atoms with van der Waals surface area (Å²) in [6.07, 6.45) is 0. The predicted octanol–water partition coefficient (Wildman–Crippen LogP) is 13.0. The first-order chi connectivity index (χ1) is 25.1. The van der Waals surface area contributed by atoms with Gasteiger partial charge in [0.2, 0.25) is 0 Å². The van der Waals surface area contributed by atoms with Crippen molar-refractivity contribution < 1.29 is 0 Å². The predicted molar refractivity (Wildman–Crippen MR) is 213 cm³/mol. The Kier molecular flexibility index (Phi) is 6.51. The van der Waals surface area contributed by atoms with E-state index >= 15 is 0 Å². The van der Waals surface area contributed by atoms with Crippen LogP contribution in [0.5, 0.6) is 0 Å². The molecule has 2 aliphatic carbocycles. The Morgan fingerprint density at radius 2 is 0.882 bits per heavy atom. The third-order valence-electron chi connectivity index (χ3n) is 11.8. The molecule has 0 aliphatic heterocycles. The zero-order valence-electron chi connectivity index (χ0n) is 28.8. The first-order valence-electron chi connectivity index (χ1n) is 18.0. The van der Waals surface area contributed by atoms with Gasteiger partial charge in [0.1, 0.15) is 0 Å². The average molecular weight is 652 g/mol. The Balaban J connectivity index is 1.27. The molecule has 0 fully saturated rings. The van der Waals surface area contributed by atoms with E-state index in [2.05, 4.69) is 207 Å². The molecule has 0 amide bonds. The van der Waals surface area contributed by atoms with Gasteiger partial charge in [0.15, 0.2) is 0 Å². The quantitative estimate of drug-likeness (QED) is 0.179. The molecule has 0 aromatic heterocycles. The standard InChI is InChI=1S/C50H37N/c1-49(35-19-5-3-6-20-35)42-26-13-11-24-39(42)41-33-37(31-32-44(41)49)51(46-29-15-18-34-17-9-10-23-38(34)46)47-30-16-28-45-48(47)40-25-12-14-27-43(40)50(45,2)36-21-7-4-8-22-36/h3-33H,1-2H3. The Morgan fingerprint density at radius 1 is 0.373 bits per heavy atom. The van der Waals surface area contributed by atoms with Crippen LogP contribution in [0.25, 0.3) is 33.0 Å². The fourth-order valence-corrected chi connectivity index (χ4v) is 9.31. The molecule has 10 rings (SSSR count). The first kappa shape index (κ1) is 29.7. The summed E-state index contributed by atoms with van der Waals surface area (Å²) in [4.78, 5) is 2.52. The highest BCUT2D eigenvalue weighted by Gasteiger charge is 2.43. The van der Waals surface area contributed by atoms with Crippen LogP contribution >= 0.6 is 0 Å². The van der Waals surface area contributed by atoms with Crippen molar-refractivity contribution in [3.05, 3.63) is 221 Å². The second-order valence-electron chi connectivity index (χ2n) is 14.3. The van der Waals surface area contributed by atoms with E-state index in [0.717, 1.165) is 5.69 Å². The van der Waals surface area contributed by atoms with E-state index < -0.39 is 0 Å². The zero-order chi connectivity index (χ0) is 34.2. The van der Waals surface area contributed by atoms with E-state index in [1.807, 2.05) is 0 Å². The lowest BCUT2D eigenvalue weighted by molar-refractivity contribution is 0.713. The molecule has 8 aromatic carbocycles. The summed E-state index contributed by atoms with van der Waals surface area (Å²) in [6.45, 7) is 4.79. The second-order valence-corrected chi connectivity index (χ2v) is 14.3. The van der Waals surface area contributed by atoms with Crippen molar-refractivity contribution in [1.29, 1.82) is 0 Å². The van der Waals surface area contributed by atoms with E-state index in [4.69, 9.17) is 0 Å². The van der Waals surface area contributed by atoms with Gasteiger partial charge in [-0.2, -0.15) is 0 Å². The molecule has 2 aliphatic rings. The van der Waals surface area contributed by atoms with Crippen LogP contribution in [0.3, 0.4) is 0 Å². The molecule has 2 atom stereocenters. The van der Waals surface area contributed by atoms with Crippen molar-refractivity contribution in [3.63, 3.8) is 0 Å². The van der Waals surface area contributed by atoms with Crippen LogP contribution in [0.1, 0.15) is 47.2 Å². The average Bonchev–Trinajstić information content (AvgIpc) is 3.62. The van der Waals surface area contributed by atoms with Gasteiger partial charge in [0.25, 0.3) is 0 Å². The van der Waals surface area contributed by atoms with Crippen molar-refractivity contribution in [2.24, 2.45) is 0 Å². The fraction of sp³-hybridized carbons (Fsp3) is 0.0800. The van der Waals surface area contributed by atoms with Gasteiger partial charge in [0.05, 0.1) is 11.4 Å². The molecule has 0 saturated heterocycles. The van der Waals surface area contributed by atoms with Gasteiger partial charge in [-0.1, -0.05) is 164 Å². The summed E-state index contributed by atoms with van der Waals surface area (Å²) in [5.74, 6) is 0. The minimum atomic E-state index is -0.290. The van der Waals surface area contributed by atoms with Gasteiger partial charge < -0.3 is 4.90 Å². The summed E-state index contributed by atoms with van der Waals surface area (Å²) in [6, 6.07) is 69.6. The summed E-state index contributed by atoms with van der Waals surface area (Å²) in [5.41, 5.74) is 16.2. The van der Waals surface area contributed by atoms with Gasteiger partial charge >= 0.3 is 0 Å². The first-order valence-corrected chi connectivity index (χ1v) is 18.0. The van der Waals surface area contributed by atoms with E-state index in [9.17, 15) is 0 Å². The highest BCUT2D eigenvalue weighted by molar-refractivity contribution is 6.03. The SMILES string of the molecule is CC1(c2ccccc2)c2ccccc2-c2cc(N(c3cccc4c3-c3ccccc3C4(C)c3ccccc3)c3cccc4ccccc34)ccc21. The van der Waals surface area contributed by atoms with Gasteiger partial charge in [-0.3, -0.25) is 0 Å². The Bertz CT molecular complexity index is 2610. The van der Waals surface area contributed by atoms with Gasteiger partial charge in [-0.25, -0.2) is 0 Å². The zero-order valence-corrected chi connectivity index (χ0v) is 28.8. The molecular formula is C50H37N. The number of anilines is 3. The third kappa shape index (κ3) is 4.15. The Morgan fingerprint density at radius 3 is 1.63 bits per heavy atom. The second kappa shape index (κ2) is 11.2. The molecule has 51 heavy (non-hydrogen) atoms. The minimum absolute atomic E-state index is 0.250. The number of rotatable bonds is 5. The summed E-state index contributed by atoms with van der Waals surface area (Å²) in [7, 11) is 0. The van der Waals surface area contributed by atoms with Gasteiger partial charge in [0, 0.05) is 27.5 Å². The molecule has 0 N–H and O–H groups in total. The number of hydrogen-bond donors (Lipinski definition) is 0.